The van der Waals surface area contributed by atoms with Gasteiger partial charge in [0.05, 0.1) is 11.8 Å². The summed E-state index contributed by atoms with van der Waals surface area (Å²) in [6.45, 7) is 1.53. The van der Waals surface area contributed by atoms with Gasteiger partial charge in [-0.15, -0.1) is 0 Å². The first-order chi connectivity index (χ1) is 15.6. The number of carboxylic acid groups (broad SMARTS) is 4. The van der Waals surface area contributed by atoms with Crippen LogP contribution in [0.15, 0.2) is 60.7 Å². The zero-order chi connectivity index (χ0) is 24.1. The SMILES string of the molecule is CC1C(C(=O)O)C(C(=O)O)CC2C1C(C(=O)O)(c1ccccc1)C2(C(=O)O)c1ccccc1. The second-order valence-electron chi connectivity index (χ2n) is 8.99. The molecule has 7 atom stereocenters. The number of carboxylic acids is 4. The van der Waals surface area contributed by atoms with Crippen LogP contribution < -0.4 is 0 Å². The van der Waals surface area contributed by atoms with E-state index in [1.54, 1.807) is 60.7 Å². The molecule has 0 radical (unpaired) electrons. The van der Waals surface area contributed by atoms with Gasteiger partial charge in [-0.1, -0.05) is 67.6 Å². The van der Waals surface area contributed by atoms with Crippen molar-refractivity contribution in [3.8, 4) is 0 Å². The molecule has 2 saturated carbocycles. The van der Waals surface area contributed by atoms with E-state index in [1.165, 1.54) is 6.92 Å². The molecule has 0 aromatic heterocycles. The number of fused-ring (bicyclic) bond motifs is 1. The van der Waals surface area contributed by atoms with Gasteiger partial charge in [0.1, 0.15) is 10.8 Å². The molecule has 8 nitrogen and oxygen atoms in total. The lowest BCUT2D eigenvalue weighted by Crippen LogP contribution is -2.80. The lowest BCUT2D eigenvalue weighted by atomic mass is 9.29. The van der Waals surface area contributed by atoms with Crippen molar-refractivity contribution in [2.75, 3.05) is 0 Å². The molecule has 2 aliphatic carbocycles. The fraction of sp³-hybridized carbons (Fsp3) is 0.360. The monoisotopic (exact) mass is 452 g/mol. The molecule has 0 bridgehead atoms. The van der Waals surface area contributed by atoms with Gasteiger partial charge in [0, 0.05) is 0 Å². The van der Waals surface area contributed by atoms with Crippen LogP contribution in [-0.2, 0) is 30.0 Å². The molecule has 8 heteroatoms. The highest BCUT2D eigenvalue weighted by molar-refractivity contribution is 6.00. The maximum atomic E-state index is 13.2. The van der Waals surface area contributed by atoms with Crippen LogP contribution in [0.25, 0.3) is 0 Å². The minimum Gasteiger partial charge on any atom is -0.481 e. The normalized spacial score (nSPS) is 35.0. The molecule has 0 amide bonds. The van der Waals surface area contributed by atoms with Crippen LogP contribution in [0.1, 0.15) is 24.5 Å². The van der Waals surface area contributed by atoms with Crippen LogP contribution in [0.3, 0.4) is 0 Å². The Kier molecular flexibility index (Phi) is 5.27. The molecule has 2 fully saturated rings. The predicted octanol–water partition coefficient (Wildman–Crippen LogP) is 2.72. The van der Waals surface area contributed by atoms with Crippen LogP contribution in [0.5, 0.6) is 0 Å². The maximum Gasteiger partial charge on any atom is 0.315 e. The lowest BCUT2D eigenvalue weighted by molar-refractivity contribution is -0.216. The summed E-state index contributed by atoms with van der Waals surface area (Å²) in [6.07, 6.45) is -0.246. The van der Waals surface area contributed by atoms with Gasteiger partial charge in [0.2, 0.25) is 0 Å². The Labute approximate surface area is 189 Å². The Bertz CT molecular complexity index is 1110. The second-order valence-corrected chi connectivity index (χ2v) is 8.99. The van der Waals surface area contributed by atoms with E-state index in [-0.39, 0.29) is 17.5 Å². The van der Waals surface area contributed by atoms with E-state index in [4.69, 9.17) is 0 Å². The van der Waals surface area contributed by atoms with Crippen molar-refractivity contribution < 1.29 is 39.6 Å². The van der Waals surface area contributed by atoms with E-state index in [9.17, 15) is 39.6 Å². The minimum atomic E-state index is -1.98. The van der Waals surface area contributed by atoms with Crippen molar-refractivity contribution in [3.05, 3.63) is 71.8 Å². The summed E-state index contributed by atoms with van der Waals surface area (Å²) in [5.74, 6) is -10.7. The number of aliphatic carboxylic acids is 4. The molecule has 0 spiro atoms. The summed E-state index contributed by atoms with van der Waals surface area (Å²) in [6, 6.07) is 16.0. The maximum absolute atomic E-state index is 13.2. The van der Waals surface area contributed by atoms with Gasteiger partial charge in [0.15, 0.2) is 0 Å². The first-order valence-corrected chi connectivity index (χ1v) is 10.7. The molecule has 2 aliphatic rings. The van der Waals surface area contributed by atoms with Gasteiger partial charge in [0.25, 0.3) is 0 Å². The molecular weight excluding hydrogens is 428 g/mol. The molecule has 33 heavy (non-hydrogen) atoms. The van der Waals surface area contributed by atoms with Crippen molar-refractivity contribution >= 4 is 23.9 Å². The second kappa shape index (κ2) is 7.72. The third kappa shape index (κ3) is 2.70. The van der Waals surface area contributed by atoms with Crippen molar-refractivity contribution in [2.24, 2.45) is 29.6 Å². The number of rotatable bonds is 6. The van der Waals surface area contributed by atoms with E-state index in [1.807, 2.05) is 0 Å². The standard InChI is InChI=1S/C25H24O8/c1-13-18(21(28)29)16(20(26)27)12-17-19(13)25(23(32)33,15-10-6-3-7-11-15)24(17,22(30)31)14-8-4-2-5-9-14/h2-11,13,16-19H,12H2,1H3,(H,26,27)(H,28,29)(H,30,31)(H,32,33). The van der Waals surface area contributed by atoms with Crippen LogP contribution in [0.2, 0.25) is 0 Å². The number of carbonyl (C=O) groups is 4. The smallest absolute Gasteiger partial charge is 0.315 e. The van der Waals surface area contributed by atoms with Crippen LogP contribution in [-0.4, -0.2) is 44.3 Å². The van der Waals surface area contributed by atoms with E-state index in [2.05, 4.69) is 0 Å². The van der Waals surface area contributed by atoms with Crippen LogP contribution in [0, 0.1) is 29.6 Å². The zero-order valence-corrected chi connectivity index (χ0v) is 17.8. The number of hydrogen-bond donors (Lipinski definition) is 4. The van der Waals surface area contributed by atoms with Gasteiger partial charge in [-0.2, -0.15) is 0 Å². The molecule has 0 saturated heterocycles. The third-order valence-electron chi connectivity index (χ3n) is 7.92. The van der Waals surface area contributed by atoms with Crippen molar-refractivity contribution in [1.82, 2.24) is 0 Å². The first-order valence-electron chi connectivity index (χ1n) is 10.7. The number of benzene rings is 2. The lowest BCUT2D eigenvalue weighted by Gasteiger charge is -2.69. The highest BCUT2D eigenvalue weighted by atomic mass is 16.4. The fourth-order valence-corrected chi connectivity index (χ4v) is 6.93. The quantitative estimate of drug-likeness (QED) is 0.523. The average molecular weight is 452 g/mol. The summed E-state index contributed by atoms with van der Waals surface area (Å²) in [7, 11) is 0. The fourth-order valence-electron chi connectivity index (χ4n) is 6.93. The Morgan fingerprint density at radius 3 is 1.58 bits per heavy atom. The highest BCUT2D eigenvalue weighted by Crippen LogP contribution is 2.72. The van der Waals surface area contributed by atoms with Crippen molar-refractivity contribution in [2.45, 2.75) is 24.2 Å². The number of hydrogen-bond acceptors (Lipinski definition) is 4. The van der Waals surface area contributed by atoms with Gasteiger partial charge in [-0.05, 0) is 35.3 Å². The molecule has 172 valence electrons. The molecule has 0 aliphatic heterocycles. The van der Waals surface area contributed by atoms with E-state index >= 15 is 0 Å². The minimum absolute atomic E-state index is 0.246. The molecule has 2 aromatic carbocycles. The first kappa shape index (κ1) is 22.5. The Balaban J connectivity index is 2.08. The zero-order valence-electron chi connectivity index (χ0n) is 17.8. The van der Waals surface area contributed by atoms with E-state index in [0.29, 0.717) is 0 Å². The topological polar surface area (TPSA) is 149 Å². The summed E-state index contributed by atoms with van der Waals surface area (Å²) >= 11 is 0. The van der Waals surface area contributed by atoms with Crippen LogP contribution >= 0.6 is 0 Å². The molecule has 2 aromatic rings. The third-order valence-corrected chi connectivity index (χ3v) is 7.92. The van der Waals surface area contributed by atoms with E-state index < -0.39 is 64.3 Å². The predicted molar refractivity (Wildman–Crippen MR) is 115 cm³/mol. The molecule has 0 heterocycles. The van der Waals surface area contributed by atoms with Gasteiger partial charge < -0.3 is 20.4 Å². The summed E-state index contributed by atoms with van der Waals surface area (Å²) < 4.78 is 0. The van der Waals surface area contributed by atoms with Gasteiger partial charge >= 0.3 is 23.9 Å². The molecule has 4 N–H and O–H groups in total. The van der Waals surface area contributed by atoms with Crippen LogP contribution in [0.4, 0.5) is 0 Å². The largest absolute Gasteiger partial charge is 0.481 e. The molecule has 7 unspecified atom stereocenters. The summed E-state index contributed by atoms with van der Waals surface area (Å²) in [5.41, 5.74) is -3.44. The molecular formula is C25H24O8. The Hall–Kier alpha value is -3.68. The Morgan fingerprint density at radius 1 is 0.727 bits per heavy atom. The summed E-state index contributed by atoms with van der Waals surface area (Å²) in [4.78, 5) is 50.4. The van der Waals surface area contributed by atoms with Gasteiger partial charge in [-0.25, -0.2) is 0 Å². The van der Waals surface area contributed by atoms with E-state index in [0.717, 1.165) is 0 Å². The van der Waals surface area contributed by atoms with Crippen molar-refractivity contribution in [1.29, 1.82) is 0 Å². The van der Waals surface area contributed by atoms with Gasteiger partial charge in [-0.3, -0.25) is 19.2 Å². The molecule has 4 rings (SSSR count). The van der Waals surface area contributed by atoms with Crippen molar-refractivity contribution in [3.63, 3.8) is 0 Å². The average Bonchev–Trinajstić information content (AvgIpc) is 2.75. The highest BCUT2D eigenvalue weighted by Gasteiger charge is 2.83. The summed E-state index contributed by atoms with van der Waals surface area (Å²) in [5, 5.41) is 41.1. The Morgan fingerprint density at radius 2 is 1.18 bits per heavy atom.